The van der Waals surface area contributed by atoms with Crippen molar-refractivity contribution in [1.29, 1.82) is 5.26 Å². The lowest BCUT2D eigenvalue weighted by Gasteiger charge is -2.26. The highest BCUT2D eigenvalue weighted by Gasteiger charge is 2.12. The molecule has 0 radical (unpaired) electrons. The third kappa shape index (κ3) is 3.06. The molecule has 1 aromatic rings. The van der Waals surface area contributed by atoms with E-state index in [1.807, 2.05) is 12.1 Å². The number of rotatable bonds is 2. The zero-order valence-electron chi connectivity index (χ0n) is 7.61. The van der Waals surface area contributed by atoms with Gasteiger partial charge < -0.3 is 4.84 Å². The van der Waals surface area contributed by atoms with E-state index in [0.29, 0.717) is 38.0 Å². The average Bonchev–Trinajstić information content (AvgIpc) is 2.31. The van der Waals surface area contributed by atoms with Crippen LogP contribution in [-0.4, -0.2) is 4.60 Å². The first-order valence-corrected chi connectivity index (χ1v) is 7.03. The van der Waals surface area contributed by atoms with Crippen LogP contribution in [0, 0.1) is 11.3 Å². The molecular weight excluding hydrogens is 249 g/mol. The summed E-state index contributed by atoms with van der Waals surface area (Å²) in [6.45, 7) is 0. The fourth-order valence-electron chi connectivity index (χ4n) is 0.999. The van der Waals surface area contributed by atoms with Gasteiger partial charge in [-0.2, -0.15) is 5.26 Å². The summed E-state index contributed by atoms with van der Waals surface area (Å²) in [6, 6.07) is 9.32. The van der Waals surface area contributed by atoms with Gasteiger partial charge in [-0.15, -0.1) is 0 Å². The van der Waals surface area contributed by atoms with Crippen molar-refractivity contribution in [3.8, 4) is 11.8 Å². The summed E-state index contributed by atoms with van der Waals surface area (Å²) in [5, 5.41) is 8.87. The van der Waals surface area contributed by atoms with Crippen LogP contribution in [0.3, 0.4) is 0 Å². The molecule has 2 rings (SSSR count). The van der Waals surface area contributed by atoms with Crippen molar-refractivity contribution in [3.63, 3.8) is 0 Å². The van der Waals surface area contributed by atoms with Crippen LogP contribution in [-0.2, 0) is 0 Å². The molecule has 15 heavy (non-hydrogen) atoms. The number of nitrogens with zero attached hydrogens (tertiary/aromatic N) is 2. The summed E-state index contributed by atoms with van der Waals surface area (Å²) in [6.07, 6.45) is 0. The molecule has 1 fully saturated rings. The van der Waals surface area contributed by atoms with E-state index < -0.39 is 0 Å². The predicted molar refractivity (Wildman–Crippen MR) is 64.8 cm³/mol. The average molecular weight is 258 g/mol. The summed E-state index contributed by atoms with van der Waals surface area (Å²) in [5.74, 6) is 0.605. The smallest absolute Gasteiger partial charge is 0.166 e. The molecule has 2 atom stereocenters. The Labute approximate surface area is 93.2 Å². The van der Waals surface area contributed by atoms with E-state index in [-0.39, 0.29) is 0 Å². The Morgan fingerprint density at radius 1 is 1.27 bits per heavy atom. The van der Waals surface area contributed by atoms with Crippen LogP contribution >= 0.6 is 26.6 Å². The van der Waals surface area contributed by atoms with Crippen molar-refractivity contribution in [2.75, 3.05) is 0 Å². The van der Waals surface area contributed by atoms with Gasteiger partial charge in [0, 0.05) is 8.88 Å². The number of nitrogens with one attached hydrogen (secondary N) is 2. The van der Waals surface area contributed by atoms with Crippen LogP contribution in [0.2, 0.25) is 0 Å². The molecule has 0 amide bonds. The van der Waals surface area contributed by atoms with E-state index in [1.54, 1.807) is 16.7 Å². The first-order valence-electron chi connectivity index (χ1n) is 4.13. The van der Waals surface area contributed by atoms with Crippen molar-refractivity contribution in [2.45, 2.75) is 0 Å². The van der Waals surface area contributed by atoms with Gasteiger partial charge in [0.1, 0.15) is 6.07 Å². The van der Waals surface area contributed by atoms with E-state index in [2.05, 4.69) is 15.8 Å². The monoisotopic (exact) mass is 258 g/mol. The molecule has 1 heterocycles. The Bertz CT molecular complexity index is 377. The van der Waals surface area contributed by atoms with E-state index in [9.17, 15) is 0 Å². The van der Waals surface area contributed by atoms with Crippen LogP contribution < -0.4 is 14.6 Å². The van der Waals surface area contributed by atoms with E-state index in [4.69, 9.17) is 10.1 Å². The number of hydrogen-bond acceptors (Lipinski definition) is 5. The highest BCUT2D eigenvalue weighted by molar-refractivity contribution is 7.65. The Morgan fingerprint density at radius 2 is 2.00 bits per heavy atom. The van der Waals surface area contributed by atoms with Gasteiger partial charge in [-0.1, -0.05) is 16.7 Å². The molecule has 8 heteroatoms. The molecule has 0 aromatic heterocycles. The van der Waals surface area contributed by atoms with Gasteiger partial charge in [0.05, 0.1) is 23.3 Å². The number of benzene rings is 1. The molecule has 78 valence electrons. The number of para-hydroxylation sites is 1. The SMILES string of the molecule is N#Cc1ccccc1ON1PNPNP1. The van der Waals surface area contributed by atoms with Gasteiger partial charge >= 0.3 is 0 Å². The quantitative estimate of drug-likeness (QED) is 0.793. The summed E-state index contributed by atoms with van der Waals surface area (Å²) in [5.41, 5.74) is 0.556. The zero-order valence-corrected chi connectivity index (χ0v) is 10.6. The number of nitriles is 1. The second kappa shape index (κ2) is 5.68. The minimum absolute atomic E-state index is 0.430. The normalized spacial score (nSPS) is 21.8. The van der Waals surface area contributed by atoms with Crippen LogP contribution in [0.15, 0.2) is 24.3 Å². The molecule has 0 bridgehead atoms. The molecule has 0 spiro atoms. The van der Waals surface area contributed by atoms with Crippen LogP contribution in [0.4, 0.5) is 0 Å². The lowest BCUT2D eigenvalue weighted by atomic mass is 10.2. The third-order valence-corrected chi connectivity index (χ3v) is 4.79. The van der Waals surface area contributed by atoms with Gasteiger partial charge in [-0.3, -0.25) is 9.72 Å². The highest BCUT2D eigenvalue weighted by Crippen LogP contribution is 2.38. The minimum Gasteiger partial charge on any atom is -0.395 e. The molecule has 0 aliphatic carbocycles. The van der Waals surface area contributed by atoms with Crippen LogP contribution in [0.1, 0.15) is 5.56 Å². The summed E-state index contributed by atoms with van der Waals surface area (Å²) in [7, 11) is 1.44. The first-order chi connectivity index (χ1) is 7.40. The first kappa shape index (κ1) is 11.2. The maximum atomic E-state index is 8.87. The Hall–Kier alpha value is -0.320. The molecule has 2 unspecified atom stereocenters. The van der Waals surface area contributed by atoms with Crippen molar-refractivity contribution in [2.24, 2.45) is 0 Å². The molecule has 0 saturated carbocycles. The van der Waals surface area contributed by atoms with Crippen molar-refractivity contribution >= 4 is 26.6 Å². The maximum absolute atomic E-state index is 8.87. The highest BCUT2D eigenvalue weighted by atomic mass is 31.2. The molecule has 1 aliphatic heterocycles. The Kier molecular flexibility index (Phi) is 4.23. The summed E-state index contributed by atoms with van der Waals surface area (Å²) in [4.78, 5) is 11.9. The zero-order chi connectivity index (χ0) is 10.5. The molecule has 1 saturated heterocycles. The summed E-state index contributed by atoms with van der Waals surface area (Å²) < 4.78 is 1.78. The molecular formula is C7H9N4OP3. The maximum Gasteiger partial charge on any atom is 0.166 e. The van der Waals surface area contributed by atoms with Crippen molar-refractivity contribution < 1.29 is 4.84 Å². The van der Waals surface area contributed by atoms with Gasteiger partial charge in [0.15, 0.2) is 5.75 Å². The summed E-state index contributed by atoms with van der Waals surface area (Å²) >= 11 is 0. The minimum atomic E-state index is 0.430. The topological polar surface area (TPSA) is 60.3 Å². The Morgan fingerprint density at radius 3 is 2.73 bits per heavy atom. The number of hydrogen-bond donors (Lipinski definition) is 2. The van der Waals surface area contributed by atoms with Crippen LogP contribution in [0.25, 0.3) is 0 Å². The van der Waals surface area contributed by atoms with Gasteiger partial charge in [0.25, 0.3) is 0 Å². The third-order valence-electron chi connectivity index (χ3n) is 1.64. The largest absolute Gasteiger partial charge is 0.395 e. The standard InChI is InChI=1S/C7H9N4OP3/c8-5-6-3-1-2-4-7(6)12-11-14-9-13-10-15-11/h1-4,9-10,13-15H. The van der Waals surface area contributed by atoms with Gasteiger partial charge in [-0.05, 0) is 12.1 Å². The molecule has 5 nitrogen and oxygen atoms in total. The van der Waals surface area contributed by atoms with Gasteiger partial charge in [0.2, 0.25) is 0 Å². The van der Waals surface area contributed by atoms with E-state index >= 15 is 0 Å². The van der Waals surface area contributed by atoms with Gasteiger partial charge in [-0.25, -0.2) is 0 Å². The van der Waals surface area contributed by atoms with Crippen molar-refractivity contribution in [3.05, 3.63) is 29.8 Å². The fourth-order valence-corrected chi connectivity index (χ4v) is 4.59. The lowest BCUT2D eigenvalue weighted by molar-refractivity contribution is 0.146. The molecule has 2 N–H and O–H groups in total. The lowest BCUT2D eigenvalue weighted by Crippen LogP contribution is -2.19. The van der Waals surface area contributed by atoms with Crippen molar-refractivity contribution in [1.82, 2.24) is 14.3 Å². The fraction of sp³-hybridized carbons (Fsp3) is 0. The molecule has 1 aromatic carbocycles. The second-order valence-electron chi connectivity index (χ2n) is 2.59. The molecule has 1 aliphatic rings. The second-order valence-corrected chi connectivity index (χ2v) is 6.55. The van der Waals surface area contributed by atoms with E-state index in [0.717, 1.165) is 0 Å². The van der Waals surface area contributed by atoms with Crippen LogP contribution in [0.5, 0.6) is 5.75 Å². The van der Waals surface area contributed by atoms with E-state index in [1.165, 1.54) is 0 Å². The predicted octanol–water partition coefficient (Wildman–Crippen LogP) is 1.87. The Balaban J connectivity index is 2.06.